The van der Waals surface area contributed by atoms with Gasteiger partial charge in [-0.2, -0.15) is 0 Å². The highest BCUT2D eigenvalue weighted by atomic mass is 32.2. The van der Waals surface area contributed by atoms with Gasteiger partial charge in [-0.3, -0.25) is 13.9 Å². The van der Waals surface area contributed by atoms with Crippen molar-refractivity contribution in [3.63, 3.8) is 0 Å². The largest absolute Gasteiger partial charge is 0.495 e. The number of nitrogens with one attached hydrogen (secondary N) is 1. The maximum atomic E-state index is 13.6. The molecule has 0 aliphatic heterocycles. The van der Waals surface area contributed by atoms with Crippen LogP contribution in [0, 0.1) is 13.8 Å². The fraction of sp³-hybridized carbons (Fsp3) is 0.440. The molecule has 34 heavy (non-hydrogen) atoms. The molecule has 2 rings (SSSR count). The Morgan fingerprint density at radius 3 is 2.26 bits per heavy atom. The number of anilines is 1. The zero-order valence-corrected chi connectivity index (χ0v) is 21.8. The van der Waals surface area contributed by atoms with E-state index in [4.69, 9.17) is 4.74 Å². The number of aryl methyl sites for hydroxylation is 2. The van der Waals surface area contributed by atoms with Gasteiger partial charge in [0, 0.05) is 12.6 Å². The van der Waals surface area contributed by atoms with Crippen LogP contribution in [0.3, 0.4) is 0 Å². The first kappa shape index (κ1) is 27.2. The van der Waals surface area contributed by atoms with Crippen LogP contribution >= 0.6 is 0 Å². The zero-order chi connectivity index (χ0) is 25.6. The van der Waals surface area contributed by atoms with Gasteiger partial charge in [0.2, 0.25) is 21.8 Å². The van der Waals surface area contributed by atoms with Crippen LogP contribution < -0.4 is 14.4 Å². The molecule has 0 fully saturated rings. The van der Waals surface area contributed by atoms with Gasteiger partial charge < -0.3 is 15.0 Å². The van der Waals surface area contributed by atoms with E-state index in [1.165, 1.54) is 12.0 Å². The number of sulfonamides is 1. The van der Waals surface area contributed by atoms with Gasteiger partial charge in [-0.25, -0.2) is 8.42 Å². The van der Waals surface area contributed by atoms with E-state index in [1.54, 1.807) is 25.1 Å². The van der Waals surface area contributed by atoms with Gasteiger partial charge in [-0.15, -0.1) is 0 Å². The number of rotatable bonds is 10. The van der Waals surface area contributed by atoms with E-state index < -0.39 is 28.5 Å². The fourth-order valence-electron chi connectivity index (χ4n) is 3.55. The van der Waals surface area contributed by atoms with Crippen LogP contribution in [0.1, 0.15) is 37.5 Å². The van der Waals surface area contributed by atoms with E-state index >= 15 is 0 Å². The molecule has 0 saturated carbocycles. The number of hydrogen-bond donors (Lipinski definition) is 1. The van der Waals surface area contributed by atoms with Crippen LogP contribution in [-0.4, -0.2) is 57.1 Å². The number of carbonyl (C=O) groups is 2. The van der Waals surface area contributed by atoms with Crippen molar-refractivity contribution in [1.29, 1.82) is 0 Å². The van der Waals surface area contributed by atoms with Gasteiger partial charge in [0.1, 0.15) is 18.3 Å². The quantitative estimate of drug-likeness (QED) is 0.554. The van der Waals surface area contributed by atoms with E-state index in [2.05, 4.69) is 5.32 Å². The Hall–Kier alpha value is -3.07. The molecule has 0 aliphatic rings. The Bertz CT molecular complexity index is 1130. The maximum absolute atomic E-state index is 13.6. The second-order valence-electron chi connectivity index (χ2n) is 8.73. The molecule has 1 atom stereocenters. The maximum Gasteiger partial charge on any atom is 0.244 e. The van der Waals surface area contributed by atoms with E-state index in [9.17, 15) is 18.0 Å². The molecule has 0 radical (unpaired) electrons. The third-order valence-corrected chi connectivity index (χ3v) is 6.61. The second kappa shape index (κ2) is 11.4. The third-order valence-electron chi connectivity index (χ3n) is 5.48. The lowest BCUT2D eigenvalue weighted by molar-refractivity contribution is -0.139. The fourth-order valence-corrected chi connectivity index (χ4v) is 4.39. The summed E-state index contributed by atoms with van der Waals surface area (Å²) in [6.45, 7) is 8.78. The van der Waals surface area contributed by atoms with Crippen molar-refractivity contribution < 1.29 is 22.7 Å². The van der Waals surface area contributed by atoms with Crippen molar-refractivity contribution in [2.75, 3.05) is 24.2 Å². The summed E-state index contributed by atoms with van der Waals surface area (Å²) in [4.78, 5) is 27.8. The van der Waals surface area contributed by atoms with Gasteiger partial charge in [0.25, 0.3) is 0 Å². The first-order valence-corrected chi connectivity index (χ1v) is 13.0. The minimum absolute atomic E-state index is 0.102. The summed E-state index contributed by atoms with van der Waals surface area (Å²) < 4.78 is 31.9. The molecule has 0 saturated heterocycles. The molecule has 0 bridgehead atoms. The van der Waals surface area contributed by atoms with Crippen LogP contribution in [-0.2, 0) is 26.2 Å². The topological polar surface area (TPSA) is 96.0 Å². The SMILES string of the molecule is COc1ccc(C)cc1N(CC(=O)N(Cc1ccccc1C)C(C)C(=O)NC(C)C)S(C)(=O)=O. The molecule has 2 aromatic rings. The lowest BCUT2D eigenvalue weighted by Gasteiger charge is -2.32. The van der Waals surface area contributed by atoms with Crippen molar-refractivity contribution in [3.05, 3.63) is 59.2 Å². The van der Waals surface area contributed by atoms with Crippen molar-refractivity contribution >= 4 is 27.5 Å². The van der Waals surface area contributed by atoms with Crippen molar-refractivity contribution in [2.45, 2.75) is 53.2 Å². The molecule has 2 aromatic carbocycles. The second-order valence-corrected chi connectivity index (χ2v) is 10.6. The van der Waals surface area contributed by atoms with Crippen LogP contribution in [0.5, 0.6) is 5.75 Å². The van der Waals surface area contributed by atoms with Gasteiger partial charge in [-0.1, -0.05) is 30.3 Å². The molecular formula is C25H35N3O5S. The highest BCUT2D eigenvalue weighted by Crippen LogP contribution is 2.31. The lowest BCUT2D eigenvalue weighted by atomic mass is 10.1. The minimum atomic E-state index is -3.84. The Morgan fingerprint density at radius 2 is 1.71 bits per heavy atom. The first-order valence-electron chi connectivity index (χ1n) is 11.1. The molecule has 0 aromatic heterocycles. The third kappa shape index (κ3) is 6.96. The Labute approximate surface area is 202 Å². The number of carbonyl (C=O) groups excluding carboxylic acids is 2. The molecule has 0 heterocycles. The molecule has 9 heteroatoms. The van der Waals surface area contributed by atoms with E-state index in [0.29, 0.717) is 5.75 Å². The highest BCUT2D eigenvalue weighted by Gasteiger charge is 2.31. The number of ether oxygens (including phenoxy) is 1. The number of amides is 2. The average Bonchev–Trinajstić information content (AvgIpc) is 2.75. The van der Waals surface area contributed by atoms with Crippen LogP contribution in [0.2, 0.25) is 0 Å². The van der Waals surface area contributed by atoms with Crippen molar-refractivity contribution in [1.82, 2.24) is 10.2 Å². The summed E-state index contributed by atoms with van der Waals surface area (Å²) in [5, 5.41) is 2.83. The Morgan fingerprint density at radius 1 is 1.06 bits per heavy atom. The van der Waals surface area contributed by atoms with Gasteiger partial charge >= 0.3 is 0 Å². The summed E-state index contributed by atoms with van der Waals surface area (Å²) in [5.41, 5.74) is 2.93. The summed E-state index contributed by atoms with van der Waals surface area (Å²) >= 11 is 0. The van der Waals surface area contributed by atoms with Crippen LogP contribution in [0.25, 0.3) is 0 Å². The number of benzene rings is 2. The average molecular weight is 490 g/mol. The van der Waals surface area contributed by atoms with Crippen molar-refractivity contribution in [3.8, 4) is 5.75 Å². The molecule has 2 amide bonds. The van der Waals surface area contributed by atoms with Crippen LogP contribution in [0.15, 0.2) is 42.5 Å². The summed E-state index contributed by atoms with van der Waals surface area (Å²) in [6.07, 6.45) is 1.04. The number of methoxy groups -OCH3 is 1. The molecule has 1 N–H and O–H groups in total. The standard InChI is InChI=1S/C25H35N3O5S/c1-17(2)26-25(30)20(5)27(15-21-11-9-8-10-19(21)4)24(29)16-28(34(7,31)32)22-14-18(3)12-13-23(22)33-6/h8-14,17,20H,15-16H2,1-7H3,(H,26,30). The molecule has 0 aliphatic carbocycles. The molecule has 0 spiro atoms. The van der Waals surface area contributed by atoms with E-state index in [0.717, 1.165) is 27.3 Å². The Balaban J connectivity index is 2.48. The summed E-state index contributed by atoms with van der Waals surface area (Å²) in [5.74, 6) is -0.473. The molecule has 1 unspecified atom stereocenters. The number of hydrogen-bond acceptors (Lipinski definition) is 5. The predicted octanol–water partition coefficient (Wildman–Crippen LogP) is 3.02. The lowest BCUT2D eigenvalue weighted by Crippen LogP contribution is -2.52. The first-order chi connectivity index (χ1) is 15.8. The van der Waals surface area contributed by atoms with Crippen LogP contribution in [0.4, 0.5) is 5.69 Å². The molecular weight excluding hydrogens is 454 g/mol. The Kier molecular flexibility index (Phi) is 9.09. The molecule has 8 nitrogen and oxygen atoms in total. The summed E-state index contributed by atoms with van der Waals surface area (Å²) in [6, 6.07) is 11.8. The van der Waals surface area contributed by atoms with Crippen molar-refractivity contribution in [2.24, 2.45) is 0 Å². The van der Waals surface area contributed by atoms with E-state index in [-0.39, 0.29) is 24.2 Å². The predicted molar refractivity (Wildman–Crippen MR) is 134 cm³/mol. The van der Waals surface area contributed by atoms with Gasteiger partial charge in [-0.05, 0) is 63.4 Å². The minimum Gasteiger partial charge on any atom is -0.495 e. The monoisotopic (exact) mass is 489 g/mol. The summed E-state index contributed by atoms with van der Waals surface area (Å²) in [7, 11) is -2.39. The smallest absolute Gasteiger partial charge is 0.244 e. The molecule has 186 valence electrons. The number of nitrogens with zero attached hydrogens (tertiary/aromatic N) is 2. The van der Waals surface area contributed by atoms with E-state index in [1.807, 2.05) is 52.0 Å². The van der Waals surface area contributed by atoms with Gasteiger partial charge in [0.05, 0.1) is 19.1 Å². The normalized spacial score (nSPS) is 12.2. The van der Waals surface area contributed by atoms with Gasteiger partial charge in [0.15, 0.2) is 0 Å². The zero-order valence-electron chi connectivity index (χ0n) is 21.0. The highest BCUT2D eigenvalue weighted by molar-refractivity contribution is 7.92.